The molecule has 1 aromatic carbocycles. The Bertz CT molecular complexity index is 682. The molecule has 0 saturated heterocycles. The summed E-state index contributed by atoms with van der Waals surface area (Å²) < 4.78 is 1.38. The van der Waals surface area contributed by atoms with Gasteiger partial charge in [0.1, 0.15) is 5.82 Å². The van der Waals surface area contributed by atoms with Crippen LogP contribution in [0.25, 0.3) is 0 Å². The molecule has 0 aliphatic heterocycles. The first-order valence-corrected chi connectivity index (χ1v) is 7.52. The molecule has 1 aromatic heterocycles. The zero-order valence-corrected chi connectivity index (χ0v) is 13.6. The summed E-state index contributed by atoms with van der Waals surface area (Å²) in [5.74, 6) is -0.838. The molecule has 0 aliphatic rings. The Hall–Kier alpha value is -2.01. The topological polar surface area (TPSA) is 81.1 Å². The molecule has 3 N–H and O–H groups in total. The second kappa shape index (κ2) is 6.40. The van der Waals surface area contributed by atoms with Gasteiger partial charge in [0.05, 0.1) is 5.69 Å². The monoisotopic (exact) mass is 321 g/mol. The third-order valence-electron chi connectivity index (χ3n) is 3.76. The fourth-order valence-electron chi connectivity index (χ4n) is 2.48. The fraction of sp³-hybridized carbons (Fsp3) is 0.375. The van der Waals surface area contributed by atoms with Crippen LogP contribution in [0.1, 0.15) is 49.9 Å². The number of carboxylic acid groups (broad SMARTS) is 1. The van der Waals surface area contributed by atoms with E-state index in [1.165, 1.54) is 4.68 Å². The number of aliphatic carboxylic acids is 1. The number of anilines is 1. The molecule has 0 spiro atoms. The van der Waals surface area contributed by atoms with E-state index < -0.39 is 12.0 Å². The normalized spacial score (nSPS) is 14.0. The van der Waals surface area contributed by atoms with E-state index in [4.69, 9.17) is 17.3 Å². The van der Waals surface area contributed by atoms with Gasteiger partial charge in [-0.1, -0.05) is 50.6 Å². The number of rotatable bonds is 5. The van der Waals surface area contributed by atoms with Crippen molar-refractivity contribution in [3.8, 4) is 0 Å². The second-order valence-electron chi connectivity index (χ2n) is 5.69. The predicted octanol–water partition coefficient (Wildman–Crippen LogP) is 3.67. The van der Waals surface area contributed by atoms with Gasteiger partial charge in [-0.2, -0.15) is 5.10 Å². The maximum atomic E-state index is 11.8. The molecule has 0 bridgehead atoms. The van der Waals surface area contributed by atoms with E-state index in [1.807, 2.05) is 39.0 Å². The number of nitrogen functional groups attached to an aromatic ring is 1. The van der Waals surface area contributed by atoms with Crippen molar-refractivity contribution in [2.24, 2.45) is 0 Å². The molecular formula is C16H20ClN3O2. The molecule has 118 valence electrons. The Labute approximate surface area is 134 Å². The number of aromatic nitrogens is 2. The summed E-state index contributed by atoms with van der Waals surface area (Å²) in [4.78, 5) is 11.8. The summed E-state index contributed by atoms with van der Waals surface area (Å²) in [6.07, 6.45) is 0. The number of carboxylic acids is 1. The molecule has 1 heterocycles. The Balaban J connectivity index is 2.47. The van der Waals surface area contributed by atoms with Crippen molar-refractivity contribution in [3.63, 3.8) is 0 Å². The van der Waals surface area contributed by atoms with Crippen LogP contribution < -0.4 is 5.73 Å². The largest absolute Gasteiger partial charge is 0.480 e. The minimum atomic E-state index is -0.988. The molecule has 22 heavy (non-hydrogen) atoms. The van der Waals surface area contributed by atoms with Gasteiger partial charge in [-0.3, -0.25) is 0 Å². The lowest BCUT2D eigenvalue weighted by atomic mass is 9.93. The van der Waals surface area contributed by atoms with Crippen LogP contribution in [0.3, 0.4) is 0 Å². The maximum Gasteiger partial charge on any atom is 0.329 e. The van der Waals surface area contributed by atoms with E-state index in [9.17, 15) is 9.90 Å². The number of hydrogen-bond donors (Lipinski definition) is 2. The van der Waals surface area contributed by atoms with Gasteiger partial charge in [0.2, 0.25) is 0 Å². The minimum absolute atomic E-state index is 0.175. The van der Waals surface area contributed by atoms with Crippen molar-refractivity contribution < 1.29 is 9.90 Å². The van der Waals surface area contributed by atoms with Crippen LogP contribution in [0.15, 0.2) is 30.3 Å². The lowest BCUT2D eigenvalue weighted by Gasteiger charge is -2.23. The summed E-state index contributed by atoms with van der Waals surface area (Å²) in [5, 5.41) is 14.6. The highest BCUT2D eigenvalue weighted by atomic mass is 35.5. The highest BCUT2D eigenvalue weighted by Crippen LogP contribution is 2.34. The Kier molecular flexibility index (Phi) is 4.76. The number of halogens is 1. The zero-order chi connectivity index (χ0) is 16.4. The van der Waals surface area contributed by atoms with E-state index in [1.54, 1.807) is 12.1 Å². The van der Waals surface area contributed by atoms with Crippen LogP contribution in [-0.4, -0.2) is 20.9 Å². The lowest BCUT2D eigenvalue weighted by molar-refractivity contribution is -0.141. The van der Waals surface area contributed by atoms with Crippen molar-refractivity contribution >= 4 is 23.4 Å². The predicted molar refractivity (Wildman–Crippen MR) is 87.3 cm³/mol. The molecule has 5 nitrogen and oxygen atoms in total. The molecule has 0 aliphatic carbocycles. The van der Waals surface area contributed by atoms with Crippen molar-refractivity contribution in [2.45, 2.75) is 38.6 Å². The number of nitrogens with zero attached hydrogens (tertiary/aromatic N) is 2. The summed E-state index contributed by atoms with van der Waals surface area (Å²) in [6, 6.07) is 8.03. The summed E-state index contributed by atoms with van der Waals surface area (Å²) in [7, 11) is 0. The molecule has 0 saturated carbocycles. The molecule has 0 fully saturated rings. The number of hydrogen-bond acceptors (Lipinski definition) is 3. The van der Waals surface area contributed by atoms with Crippen molar-refractivity contribution in [1.82, 2.24) is 9.78 Å². The SMILES string of the molecule is CC(C)c1cc(N)n(C(C(=O)O)C(C)c2ccccc2Cl)n1. The third-order valence-corrected chi connectivity index (χ3v) is 4.11. The van der Waals surface area contributed by atoms with Crippen LogP contribution in [0.5, 0.6) is 0 Å². The van der Waals surface area contributed by atoms with Crippen molar-refractivity contribution in [1.29, 1.82) is 0 Å². The van der Waals surface area contributed by atoms with Crippen LogP contribution in [-0.2, 0) is 4.79 Å². The molecule has 6 heteroatoms. The Morgan fingerprint density at radius 1 is 1.32 bits per heavy atom. The first kappa shape index (κ1) is 16.4. The van der Waals surface area contributed by atoms with Gasteiger partial charge in [0.25, 0.3) is 0 Å². The first-order valence-electron chi connectivity index (χ1n) is 7.15. The smallest absolute Gasteiger partial charge is 0.329 e. The zero-order valence-electron chi connectivity index (χ0n) is 12.8. The Morgan fingerprint density at radius 3 is 2.45 bits per heavy atom. The fourth-order valence-corrected chi connectivity index (χ4v) is 2.79. The van der Waals surface area contributed by atoms with E-state index in [0.29, 0.717) is 10.8 Å². The number of nitrogens with two attached hydrogens (primary N) is 1. The molecule has 2 atom stereocenters. The van der Waals surface area contributed by atoms with Crippen molar-refractivity contribution in [3.05, 3.63) is 46.6 Å². The molecule has 2 unspecified atom stereocenters. The molecular weight excluding hydrogens is 302 g/mol. The highest BCUT2D eigenvalue weighted by Gasteiger charge is 2.31. The Morgan fingerprint density at radius 2 is 1.95 bits per heavy atom. The first-order chi connectivity index (χ1) is 10.3. The van der Waals surface area contributed by atoms with E-state index in [-0.39, 0.29) is 11.8 Å². The molecule has 0 amide bonds. The summed E-state index contributed by atoms with van der Waals surface area (Å²) in [6.45, 7) is 5.79. The van der Waals surface area contributed by atoms with E-state index in [0.717, 1.165) is 11.3 Å². The minimum Gasteiger partial charge on any atom is -0.480 e. The quantitative estimate of drug-likeness (QED) is 0.880. The standard InChI is InChI=1S/C16H20ClN3O2/c1-9(2)13-8-14(18)20(19-13)15(16(21)22)10(3)11-6-4-5-7-12(11)17/h4-10,15H,18H2,1-3H3,(H,21,22). The van der Waals surface area contributed by atoms with Gasteiger partial charge in [0.15, 0.2) is 6.04 Å². The molecule has 2 rings (SSSR count). The van der Waals surface area contributed by atoms with Crippen molar-refractivity contribution in [2.75, 3.05) is 5.73 Å². The maximum absolute atomic E-state index is 11.8. The summed E-state index contributed by atoms with van der Waals surface area (Å²) >= 11 is 6.20. The average molecular weight is 322 g/mol. The van der Waals surface area contributed by atoms with Gasteiger partial charge in [-0.15, -0.1) is 0 Å². The van der Waals surface area contributed by atoms with Crippen LogP contribution >= 0.6 is 11.6 Å². The van der Waals surface area contributed by atoms with Gasteiger partial charge in [-0.25, -0.2) is 9.48 Å². The lowest BCUT2D eigenvalue weighted by Crippen LogP contribution is -2.27. The highest BCUT2D eigenvalue weighted by molar-refractivity contribution is 6.31. The van der Waals surface area contributed by atoms with Crippen LogP contribution in [0, 0.1) is 0 Å². The van der Waals surface area contributed by atoms with Gasteiger partial charge in [0, 0.05) is 17.0 Å². The molecule has 0 radical (unpaired) electrons. The van der Waals surface area contributed by atoms with Gasteiger partial charge >= 0.3 is 5.97 Å². The molecule has 2 aromatic rings. The van der Waals surface area contributed by atoms with Crippen LogP contribution in [0.4, 0.5) is 5.82 Å². The van der Waals surface area contributed by atoms with Gasteiger partial charge in [-0.05, 0) is 17.5 Å². The second-order valence-corrected chi connectivity index (χ2v) is 6.09. The van der Waals surface area contributed by atoms with E-state index in [2.05, 4.69) is 5.10 Å². The van der Waals surface area contributed by atoms with Gasteiger partial charge < -0.3 is 10.8 Å². The number of benzene rings is 1. The summed E-state index contributed by atoms with van der Waals surface area (Å²) in [5.41, 5.74) is 7.51. The van der Waals surface area contributed by atoms with E-state index >= 15 is 0 Å². The van der Waals surface area contributed by atoms with Crippen LogP contribution in [0.2, 0.25) is 5.02 Å². The third kappa shape index (κ3) is 3.09. The number of carbonyl (C=O) groups is 1. The average Bonchev–Trinajstić information content (AvgIpc) is 2.81.